The molecule has 96 valence electrons. The van der Waals surface area contributed by atoms with Gasteiger partial charge in [0.15, 0.2) is 0 Å². The summed E-state index contributed by atoms with van der Waals surface area (Å²) in [6.45, 7) is 1.42. The van der Waals surface area contributed by atoms with E-state index in [1.165, 1.54) is 0 Å². The Morgan fingerprint density at radius 3 is 3.06 bits per heavy atom. The van der Waals surface area contributed by atoms with E-state index in [0.29, 0.717) is 6.54 Å². The number of fused-ring (bicyclic) bond motifs is 1. The Morgan fingerprint density at radius 2 is 2.22 bits per heavy atom. The van der Waals surface area contributed by atoms with Crippen LogP contribution >= 0.6 is 0 Å². The number of nitrogens with one attached hydrogen (secondary N) is 2. The molecule has 1 aromatic heterocycles. The van der Waals surface area contributed by atoms with Crippen LogP contribution in [0, 0.1) is 0 Å². The lowest BCUT2D eigenvalue weighted by Gasteiger charge is -2.06. The Morgan fingerprint density at radius 1 is 1.33 bits per heavy atom. The molecule has 4 nitrogen and oxygen atoms in total. The van der Waals surface area contributed by atoms with Crippen molar-refractivity contribution >= 4 is 16.8 Å². The van der Waals surface area contributed by atoms with Crippen LogP contribution in [0.3, 0.4) is 0 Å². The molecule has 1 amide bonds. The van der Waals surface area contributed by atoms with Crippen molar-refractivity contribution in [2.75, 3.05) is 20.3 Å². The number of ether oxygens (including phenoxy) is 1. The molecule has 0 radical (unpaired) electrons. The fourth-order valence-electron chi connectivity index (χ4n) is 1.95. The number of aromatic amines is 1. The third-order valence-corrected chi connectivity index (χ3v) is 2.90. The lowest BCUT2D eigenvalue weighted by atomic mass is 10.1. The van der Waals surface area contributed by atoms with E-state index in [2.05, 4.69) is 10.3 Å². The number of rotatable bonds is 6. The Balaban J connectivity index is 1.94. The van der Waals surface area contributed by atoms with Gasteiger partial charge in [-0.05, 0) is 31.0 Å². The van der Waals surface area contributed by atoms with Crippen molar-refractivity contribution in [3.63, 3.8) is 0 Å². The molecule has 0 saturated heterocycles. The summed E-state index contributed by atoms with van der Waals surface area (Å²) in [6, 6.07) is 7.62. The van der Waals surface area contributed by atoms with Crippen LogP contribution in [0.1, 0.15) is 23.2 Å². The van der Waals surface area contributed by atoms with Crippen molar-refractivity contribution in [2.24, 2.45) is 0 Å². The number of unbranched alkanes of at least 4 members (excludes halogenated alkanes) is 1. The molecule has 0 spiro atoms. The minimum absolute atomic E-state index is 0.0161. The Kier molecular flexibility index (Phi) is 4.36. The van der Waals surface area contributed by atoms with Gasteiger partial charge < -0.3 is 15.0 Å². The maximum Gasteiger partial charge on any atom is 0.251 e. The van der Waals surface area contributed by atoms with Crippen molar-refractivity contribution in [1.29, 1.82) is 0 Å². The third kappa shape index (κ3) is 2.90. The standard InChI is InChI=1S/C14H18N2O2/c1-18-10-3-2-8-16-14(17)12-5-4-6-13-11(12)7-9-15-13/h4-7,9,15H,2-3,8,10H2,1H3,(H,16,17). The van der Waals surface area contributed by atoms with Gasteiger partial charge in [0.05, 0.1) is 0 Å². The molecule has 0 fully saturated rings. The largest absolute Gasteiger partial charge is 0.385 e. The predicted molar refractivity (Wildman–Crippen MR) is 71.7 cm³/mol. The molecule has 0 bridgehead atoms. The van der Waals surface area contributed by atoms with Gasteiger partial charge in [-0.1, -0.05) is 6.07 Å². The highest BCUT2D eigenvalue weighted by Gasteiger charge is 2.09. The molecule has 1 aromatic carbocycles. The van der Waals surface area contributed by atoms with Gasteiger partial charge in [-0.2, -0.15) is 0 Å². The number of methoxy groups -OCH3 is 1. The van der Waals surface area contributed by atoms with Gasteiger partial charge in [-0.25, -0.2) is 0 Å². The molecule has 2 aromatic rings. The minimum atomic E-state index is -0.0161. The number of hydrogen-bond acceptors (Lipinski definition) is 2. The summed E-state index contributed by atoms with van der Waals surface area (Å²) in [5.41, 5.74) is 1.71. The average Bonchev–Trinajstić information content (AvgIpc) is 2.86. The van der Waals surface area contributed by atoms with Gasteiger partial charge in [-0.15, -0.1) is 0 Å². The van der Waals surface area contributed by atoms with E-state index in [0.717, 1.165) is 35.9 Å². The minimum Gasteiger partial charge on any atom is -0.385 e. The molecule has 18 heavy (non-hydrogen) atoms. The topological polar surface area (TPSA) is 54.1 Å². The molecule has 4 heteroatoms. The highest BCUT2D eigenvalue weighted by molar-refractivity contribution is 6.06. The summed E-state index contributed by atoms with van der Waals surface area (Å²) in [5.74, 6) is -0.0161. The third-order valence-electron chi connectivity index (χ3n) is 2.90. The summed E-state index contributed by atoms with van der Waals surface area (Å²) < 4.78 is 4.96. The number of carbonyl (C=O) groups excluding carboxylic acids is 1. The van der Waals surface area contributed by atoms with Gasteiger partial charge in [0.25, 0.3) is 5.91 Å². The van der Waals surface area contributed by atoms with E-state index in [1.807, 2.05) is 30.5 Å². The second kappa shape index (κ2) is 6.21. The first-order valence-corrected chi connectivity index (χ1v) is 6.16. The fraction of sp³-hybridized carbons (Fsp3) is 0.357. The molecule has 2 N–H and O–H groups in total. The monoisotopic (exact) mass is 246 g/mol. The first kappa shape index (κ1) is 12.6. The average molecular weight is 246 g/mol. The normalized spacial score (nSPS) is 10.7. The molecule has 1 heterocycles. The molecule has 2 rings (SSSR count). The van der Waals surface area contributed by atoms with Crippen LogP contribution in [-0.4, -0.2) is 31.2 Å². The SMILES string of the molecule is COCCCCNC(=O)c1cccc2[nH]ccc12. The Bertz CT molecular complexity index is 519. The summed E-state index contributed by atoms with van der Waals surface area (Å²) in [7, 11) is 1.69. The van der Waals surface area contributed by atoms with Crippen LogP contribution in [0.25, 0.3) is 10.9 Å². The number of aromatic nitrogens is 1. The van der Waals surface area contributed by atoms with Crippen molar-refractivity contribution in [2.45, 2.75) is 12.8 Å². The summed E-state index contributed by atoms with van der Waals surface area (Å²) in [4.78, 5) is 15.1. The first-order valence-electron chi connectivity index (χ1n) is 6.16. The van der Waals surface area contributed by atoms with Gasteiger partial charge in [0.2, 0.25) is 0 Å². The fourth-order valence-corrected chi connectivity index (χ4v) is 1.95. The number of H-pyrrole nitrogens is 1. The highest BCUT2D eigenvalue weighted by Crippen LogP contribution is 2.17. The molecular formula is C14H18N2O2. The number of hydrogen-bond donors (Lipinski definition) is 2. The van der Waals surface area contributed by atoms with E-state index in [1.54, 1.807) is 7.11 Å². The summed E-state index contributed by atoms with van der Waals surface area (Å²) in [6.07, 6.45) is 3.74. The molecule has 0 aliphatic carbocycles. The van der Waals surface area contributed by atoms with Gasteiger partial charge in [0, 0.05) is 42.9 Å². The van der Waals surface area contributed by atoms with E-state index in [-0.39, 0.29) is 5.91 Å². The second-order valence-corrected chi connectivity index (χ2v) is 4.20. The van der Waals surface area contributed by atoms with Gasteiger partial charge >= 0.3 is 0 Å². The highest BCUT2D eigenvalue weighted by atomic mass is 16.5. The van der Waals surface area contributed by atoms with E-state index in [9.17, 15) is 4.79 Å². The maximum atomic E-state index is 12.0. The lowest BCUT2D eigenvalue weighted by Crippen LogP contribution is -2.24. The maximum absolute atomic E-state index is 12.0. The van der Waals surface area contributed by atoms with Crippen molar-refractivity contribution in [3.8, 4) is 0 Å². The molecular weight excluding hydrogens is 228 g/mol. The lowest BCUT2D eigenvalue weighted by molar-refractivity contribution is 0.0953. The smallest absolute Gasteiger partial charge is 0.251 e. The van der Waals surface area contributed by atoms with E-state index >= 15 is 0 Å². The van der Waals surface area contributed by atoms with Crippen molar-refractivity contribution in [3.05, 3.63) is 36.0 Å². The Labute approximate surface area is 106 Å². The predicted octanol–water partition coefficient (Wildman–Crippen LogP) is 2.32. The van der Waals surface area contributed by atoms with E-state index < -0.39 is 0 Å². The molecule has 0 aliphatic rings. The summed E-state index contributed by atoms with van der Waals surface area (Å²) >= 11 is 0. The zero-order chi connectivity index (χ0) is 12.8. The first-order chi connectivity index (χ1) is 8.83. The number of amides is 1. The van der Waals surface area contributed by atoms with Crippen LogP contribution in [0.5, 0.6) is 0 Å². The van der Waals surface area contributed by atoms with Crippen molar-refractivity contribution in [1.82, 2.24) is 10.3 Å². The zero-order valence-corrected chi connectivity index (χ0v) is 10.5. The van der Waals surface area contributed by atoms with Crippen LogP contribution in [0.2, 0.25) is 0 Å². The van der Waals surface area contributed by atoms with Crippen molar-refractivity contribution < 1.29 is 9.53 Å². The van der Waals surface area contributed by atoms with Gasteiger partial charge in [0.1, 0.15) is 0 Å². The molecule has 0 aliphatic heterocycles. The zero-order valence-electron chi connectivity index (χ0n) is 10.5. The molecule has 0 saturated carbocycles. The molecule has 0 unspecified atom stereocenters. The van der Waals surface area contributed by atoms with Crippen LogP contribution in [0.15, 0.2) is 30.5 Å². The summed E-state index contributed by atoms with van der Waals surface area (Å²) in [5, 5.41) is 3.90. The van der Waals surface area contributed by atoms with Crippen LogP contribution < -0.4 is 5.32 Å². The number of carbonyl (C=O) groups is 1. The second-order valence-electron chi connectivity index (χ2n) is 4.20. The quantitative estimate of drug-likeness (QED) is 0.768. The van der Waals surface area contributed by atoms with Crippen LogP contribution in [0.4, 0.5) is 0 Å². The molecule has 0 atom stereocenters. The number of benzene rings is 1. The van der Waals surface area contributed by atoms with Crippen LogP contribution in [-0.2, 0) is 4.74 Å². The van der Waals surface area contributed by atoms with Gasteiger partial charge in [-0.3, -0.25) is 4.79 Å². The Hall–Kier alpha value is -1.81. The van der Waals surface area contributed by atoms with E-state index in [4.69, 9.17) is 4.74 Å².